The molecule has 0 fully saturated rings. The maximum Gasteiger partial charge on any atom is 0.276 e. The molecule has 0 saturated carbocycles. The smallest absolute Gasteiger partial charge is 0.276 e. The minimum Gasteiger partial charge on any atom is -0.332 e. The Morgan fingerprint density at radius 2 is 2.31 bits per heavy atom. The van der Waals surface area contributed by atoms with Gasteiger partial charge < -0.3 is 10.3 Å². The van der Waals surface area contributed by atoms with Crippen LogP contribution >= 0.6 is 0 Å². The van der Waals surface area contributed by atoms with Crippen LogP contribution in [-0.2, 0) is 0 Å². The summed E-state index contributed by atoms with van der Waals surface area (Å²) in [6.45, 7) is 2.07. The van der Waals surface area contributed by atoms with Gasteiger partial charge in [0.15, 0.2) is 5.82 Å². The minimum absolute atomic E-state index is 0.161. The number of rotatable bonds is 4. The second-order valence-electron chi connectivity index (χ2n) is 3.57. The molecular formula is C11H14N4O. The molecule has 84 valence electrons. The van der Waals surface area contributed by atoms with Crippen molar-refractivity contribution in [3.63, 3.8) is 0 Å². The van der Waals surface area contributed by atoms with E-state index in [1.807, 2.05) is 18.2 Å². The van der Waals surface area contributed by atoms with Crippen LogP contribution in [0.1, 0.15) is 31.6 Å². The average molecular weight is 218 g/mol. The van der Waals surface area contributed by atoms with Crippen molar-refractivity contribution in [1.29, 1.82) is 0 Å². The van der Waals surface area contributed by atoms with Crippen molar-refractivity contribution in [2.45, 2.75) is 25.8 Å². The first-order valence-electron chi connectivity index (χ1n) is 5.32. The van der Waals surface area contributed by atoms with Crippen LogP contribution in [0.15, 0.2) is 28.9 Å². The Morgan fingerprint density at radius 1 is 1.44 bits per heavy atom. The van der Waals surface area contributed by atoms with E-state index in [0.29, 0.717) is 17.4 Å². The first kappa shape index (κ1) is 10.8. The van der Waals surface area contributed by atoms with Gasteiger partial charge in [-0.2, -0.15) is 4.98 Å². The lowest BCUT2D eigenvalue weighted by molar-refractivity contribution is 0.412. The number of aromatic nitrogens is 3. The standard InChI is InChI=1S/C11H14N4O/c1-2-5-8(12)10-14-11(16-15-10)9-6-3-4-7-13-9/h3-4,6-8H,2,5,12H2,1H3. The zero-order chi connectivity index (χ0) is 11.4. The molecule has 2 aromatic rings. The molecule has 1 unspecified atom stereocenters. The van der Waals surface area contributed by atoms with Gasteiger partial charge in [-0.3, -0.25) is 4.98 Å². The summed E-state index contributed by atoms with van der Waals surface area (Å²) in [5, 5.41) is 3.86. The van der Waals surface area contributed by atoms with E-state index < -0.39 is 0 Å². The molecule has 0 aromatic carbocycles. The Hall–Kier alpha value is -1.75. The van der Waals surface area contributed by atoms with Gasteiger partial charge >= 0.3 is 0 Å². The summed E-state index contributed by atoms with van der Waals surface area (Å²) >= 11 is 0. The van der Waals surface area contributed by atoms with Crippen LogP contribution in [0, 0.1) is 0 Å². The Balaban J connectivity index is 2.20. The fraction of sp³-hybridized carbons (Fsp3) is 0.364. The molecule has 0 spiro atoms. The van der Waals surface area contributed by atoms with Crippen LogP contribution in [0.3, 0.4) is 0 Å². The van der Waals surface area contributed by atoms with Gasteiger partial charge in [0.2, 0.25) is 0 Å². The summed E-state index contributed by atoms with van der Waals surface area (Å²) in [5.41, 5.74) is 6.56. The van der Waals surface area contributed by atoms with Crippen molar-refractivity contribution in [3.05, 3.63) is 30.2 Å². The van der Waals surface area contributed by atoms with Gasteiger partial charge in [0.05, 0.1) is 6.04 Å². The van der Waals surface area contributed by atoms with E-state index >= 15 is 0 Å². The van der Waals surface area contributed by atoms with Crippen LogP contribution in [0.2, 0.25) is 0 Å². The first-order valence-corrected chi connectivity index (χ1v) is 5.32. The van der Waals surface area contributed by atoms with E-state index in [-0.39, 0.29) is 6.04 Å². The SMILES string of the molecule is CCCC(N)c1noc(-c2ccccn2)n1. The lowest BCUT2D eigenvalue weighted by Gasteiger charge is -2.02. The third kappa shape index (κ3) is 2.25. The maximum atomic E-state index is 5.89. The molecule has 2 N–H and O–H groups in total. The average Bonchev–Trinajstić information content (AvgIpc) is 2.80. The lowest BCUT2D eigenvalue weighted by Crippen LogP contribution is -2.11. The number of hydrogen-bond acceptors (Lipinski definition) is 5. The molecule has 0 aliphatic rings. The van der Waals surface area contributed by atoms with Crippen LogP contribution in [-0.4, -0.2) is 15.1 Å². The highest BCUT2D eigenvalue weighted by Gasteiger charge is 2.14. The summed E-state index contributed by atoms with van der Waals surface area (Å²) in [6, 6.07) is 5.37. The highest BCUT2D eigenvalue weighted by Crippen LogP contribution is 2.17. The molecular weight excluding hydrogens is 204 g/mol. The third-order valence-corrected chi connectivity index (χ3v) is 2.26. The Morgan fingerprint density at radius 3 is 3.00 bits per heavy atom. The van der Waals surface area contributed by atoms with E-state index in [9.17, 15) is 0 Å². The van der Waals surface area contributed by atoms with Crippen molar-refractivity contribution in [2.75, 3.05) is 0 Å². The zero-order valence-corrected chi connectivity index (χ0v) is 9.13. The van der Waals surface area contributed by atoms with E-state index in [4.69, 9.17) is 10.3 Å². The molecule has 5 heteroatoms. The second-order valence-corrected chi connectivity index (χ2v) is 3.57. The monoisotopic (exact) mass is 218 g/mol. The van der Waals surface area contributed by atoms with Crippen molar-refractivity contribution >= 4 is 0 Å². The molecule has 2 heterocycles. The molecule has 2 aromatic heterocycles. The molecule has 0 radical (unpaired) electrons. The van der Waals surface area contributed by atoms with Gasteiger partial charge in [0.1, 0.15) is 5.69 Å². The number of nitrogens with two attached hydrogens (primary N) is 1. The van der Waals surface area contributed by atoms with Gasteiger partial charge in [-0.25, -0.2) is 0 Å². The van der Waals surface area contributed by atoms with E-state index in [1.165, 1.54) is 0 Å². The van der Waals surface area contributed by atoms with Gasteiger partial charge in [-0.15, -0.1) is 0 Å². The van der Waals surface area contributed by atoms with Crippen molar-refractivity contribution < 1.29 is 4.52 Å². The Kier molecular flexibility index (Phi) is 3.26. The van der Waals surface area contributed by atoms with Crippen LogP contribution < -0.4 is 5.73 Å². The summed E-state index contributed by atoms with van der Waals surface area (Å²) < 4.78 is 5.11. The number of nitrogens with zero attached hydrogens (tertiary/aromatic N) is 3. The molecule has 0 aliphatic carbocycles. The van der Waals surface area contributed by atoms with Crippen LogP contribution in [0.25, 0.3) is 11.6 Å². The fourth-order valence-corrected chi connectivity index (χ4v) is 1.42. The highest BCUT2D eigenvalue weighted by atomic mass is 16.5. The predicted octanol–water partition coefficient (Wildman–Crippen LogP) is 1.93. The van der Waals surface area contributed by atoms with Crippen molar-refractivity contribution in [1.82, 2.24) is 15.1 Å². The predicted molar refractivity (Wildman–Crippen MR) is 59.4 cm³/mol. The van der Waals surface area contributed by atoms with Gasteiger partial charge in [0.25, 0.3) is 5.89 Å². The van der Waals surface area contributed by atoms with Gasteiger partial charge in [-0.05, 0) is 18.6 Å². The highest BCUT2D eigenvalue weighted by molar-refractivity contribution is 5.45. The maximum absolute atomic E-state index is 5.89. The number of hydrogen-bond donors (Lipinski definition) is 1. The van der Waals surface area contributed by atoms with Gasteiger partial charge in [-0.1, -0.05) is 24.6 Å². The Bertz CT molecular complexity index is 440. The summed E-state index contributed by atoms with van der Waals surface area (Å²) in [7, 11) is 0. The molecule has 0 saturated heterocycles. The lowest BCUT2D eigenvalue weighted by atomic mass is 10.2. The Labute approximate surface area is 93.7 Å². The first-order chi connectivity index (χ1) is 7.81. The minimum atomic E-state index is -0.161. The third-order valence-electron chi connectivity index (χ3n) is 2.26. The normalized spacial score (nSPS) is 12.6. The molecule has 16 heavy (non-hydrogen) atoms. The van der Waals surface area contributed by atoms with Crippen molar-refractivity contribution in [2.24, 2.45) is 5.73 Å². The largest absolute Gasteiger partial charge is 0.332 e. The zero-order valence-electron chi connectivity index (χ0n) is 9.13. The molecule has 0 amide bonds. The molecule has 5 nitrogen and oxygen atoms in total. The quantitative estimate of drug-likeness (QED) is 0.848. The summed E-state index contributed by atoms with van der Waals surface area (Å²) in [4.78, 5) is 8.36. The van der Waals surface area contributed by atoms with E-state index in [2.05, 4.69) is 22.0 Å². The van der Waals surface area contributed by atoms with Crippen LogP contribution in [0.4, 0.5) is 0 Å². The topological polar surface area (TPSA) is 77.8 Å². The molecule has 0 aliphatic heterocycles. The van der Waals surface area contributed by atoms with E-state index in [1.54, 1.807) is 6.20 Å². The molecule has 0 bridgehead atoms. The van der Waals surface area contributed by atoms with Crippen molar-refractivity contribution in [3.8, 4) is 11.6 Å². The fourth-order valence-electron chi connectivity index (χ4n) is 1.42. The van der Waals surface area contributed by atoms with Crippen LogP contribution in [0.5, 0.6) is 0 Å². The van der Waals surface area contributed by atoms with Gasteiger partial charge in [0, 0.05) is 6.20 Å². The second kappa shape index (κ2) is 4.85. The molecule has 1 atom stereocenters. The number of pyridine rings is 1. The summed E-state index contributed by atoms with van der Waals surface area (Å²) in [6.07, 6.45) is 3.53. The summed E-state index contributed by atoms with van der Waals surface area (Å²) in [5.74, 6) is 0.963. The van der Waals surface area contributed by atoms with E-state index in [0.717, 1.165) is 12.8 Å². The molecule has 2 rings (SSSR count).